The molecule has 0 fully saturated rings. The molecule has 0 radical (unpaired) electrons. The molecular formula is C20H28OS. The molecule has 1 aromatic rings. The highest BCUT2D eigenvalue weighted by Crippen LogP contribution is 2.41. The fraction of sp³-hybridized carbons (Fsp3) is 0.550. The van der Waals surface area contributed by atoms with E-state index in [1.165, 1.54) is 11.1 Å². The minimum atomic E-state index is -1.01. The van der Waals surface area contributed by atoms with Crippen LogP contribution in [-0.2, 0) is 5.41 Å². The number of aliphatic hydroxyl groups is 1. The fourth-order valence-corrected chi connectivity index (χ4v) is 3.84. The lowest BCUT2D eigenvalue weighted by Gasteiger charge is -2.40. The van der Waals surface area contributed by atoms with E-state index in [2.05, 4.69) is 53.7 Å². The second-order valence-electron chi connectivity index (χ2n) is 8.59. The molecule has 0 aromatic heterocycles. The van der Waals surface area contributed by atoms with E-state index < -0.39 is 5.60 Å². The van der Waals surface area contributed by atoms with E-state index in [-0.39, 0.29) is 10.8 Å². The predicted octanol–water partition coefficient (Wildman–Crippen LogP) is 5.20. The van der Waals surface area contributed by atoms with Gasteiger partial charge in [-0.2, -0.15) is 0 Å². The van der Waals surface area contributed by atoms with Crippen molar-refractivity contribution in [2.75, 3.05) is 0 Å². The maximum absolute atomic E-state index is 11.1. The lowest BCUT2D eigenvalue weighted by molar-refractivity contribution is 0.0925. The van der Waals surface area contributed by atoms with Gasteiger partial charge in [0.1, 0.15) is 5.60 Å². The third kappa shape index (κ3) is 3.67. The first-order chi connectivity index (χ1) is 9.93. The zero-order valence-corrected chi connectivity index (χ0v) is 15.5. The highest BCUT2D eigenvalue weighted by Gasteiger charge is 2.40. The van der Waals surface area contributed by atoms with Gasteiger partial charge in [-0.05, 0) is 47.8 Å². The molecule has 1 unspecified atom stereocenters. The van der Waals surface area contributed by atoms with E-state index in [9.17, 15) is 5.11 Å². The second-order valence-corrected chi connectivity index (χ2v) is 9.00. The summed E-state index contributed by atoms with van der Waals surface area (Å²) >= 11 is 5.65. The monoisotopic (exact) mass is 316 g/mol. The molecule has 0 amide bonds. The Labute approximate surface area is 140 Å². The molecule has 1 nitrogen and oxygen atoms in total. The van der Waals surface area contributed by atoms with Gasteiger partial charge in [-0.1, -0.05) is 76.7 Å². The van der Waals surface area contributed by atoms with Crippen LogP contribution in [-0.4, -0.2) is 15.6 Å². The van der Waals surface area contributed by atoms with Crippen molar-refractivity contribution in [3.8, 4) is 0 Å². The predicted molar refractivity (Wildman–Crippen MR) is 98.6 cm³/mol. The first-order valence-electron chi connectivity index (χ1n) is 7.99. The molecule has 0 heterocycles. The third-order valence-electron chi connectivity index (χ3n) is 4.40. The Morgan fingerprint density at radius 2 is 1.68 bits per heavy atom. The average molecular weight is 317 g/mol. The fourth-order valence-electron chi connectivity index (χ4n) is 3.57. The standard InChI is InChI=1S/C20H28OS/c1-14-11-19(5,6)13-20(21,12-14)17(22)15-7-9-16(10-8-15)18(2,3)4/h7-10,12,21H,11,13H2,1-6H3. The van der Waals surface area contributed by atoms with Crippen molar-refractivity contribution < 1.29 is 5.11 Å². The second kappa shape index (κ2) is 5.58. The Morgan fingerprint density at radius 1 is 1.14 bits per heavy atom. The van der Waals surface area contributed by atoms with Gasteiger partial charge >= 0.3 is 0 Å². The summed E-state index contributed by atoms with van der Waals surface area (Å²) in [5.41, 5.74) is 2.63. The van der Waals surface area contributed by atoms with Gasteiger partial charge in [0, 0.05) is 0 Å². The van der Waals surface area contributed by atoms with Crippen molar-refractivity contribution in [3.05, 3.63) is 47.0 Å². The van der Waals surface area contributed by atoms with Crippen LogP contribution in [0.4, 0.5) is 0 Å². The van der Waals surface area contributed by atoms with Gasteiger partial charge in [-0.3, -0.25) is 0 Å². The van der Waals surface area contributed by atoms with Crippen molar-refractivity contribution >= 4 is 17.1 Å². The van der Waals surface area contributed by atoms with Crippen molar-refractivity contribution in [1.29, 1.82) is 0 Å². The number of benzene rings is 1. The minimum absolute atomic E-state index is 0.0724. The summed E-state index contributed by atoms with van der Waals surface area (Å²) in [4.78, 5) is 0.639. The maximum atomic E-state index is 11.1. The molecule has 0 spiro atoms. The van der Waals surface area contributed by atoms with Gasteiger partial charge in [-0.15, -0.1) is 0 Å². The zero-order chi connectivity index (χ0) is 16.8. The quantitative estimate of drug-likeness (QED) is 0.460. The molecule has 0 bridgehead atoms. The summed E-state index contributed by atoms with van der Waals surface area (Å²) in [6.07, 6.45) is 3.65. The Balaban J connectivity index is 2.33. The first kappa shape index (κ1) is 17.4. The number of rotatable bonds is 2. The Kier molecular flexibility index (Phi) is 4.40. The molecular weight excluding hydrogens is 288 g/mol. The van der Waals surface area contributed by atoms with Crippen LogP contribution < -0.4 is 0 Å². The maximum Gasteiger partial charge on any atom is 0.119 e. The Bertz CT molecular complexity index is 602. The largest absolute Gasteiger partial charge is 0.380 e. The Morgan fingerprint density at radius 3 is 2.14 bits per heavy atom. The number of hydrogen-bond donors (Lipinski definition) is 1. The van der Waals surface area contributed by atoms with Crippen LogP contribution in [0.15, 0.2) is 35.9 Å². The summed E-state index contributed by atoms with van der Waals surface area (Å²) in [6.45, 7) is 13.1. The van der Waals surface area contributed by atoms with E-state index in [0.29, 0.717) is 11.3 Å². The molecule has 0 saturated carbocycles. The lowest BCUT2D eigenvalue weighted by atomic mass is 9.69. The molecule has 2 heteroatoms. The van der Waals surface area contributed by atoms with Crippen LogP contribution in [0.25, 0.3) is 0 Å². The van der Waals surface area contributed by atoms with Gasteiger partial charge < -0.3 is 5.11 Å². The third-order valence-corrected chi connectivity index (χ3v) is 4.99. The molecule has 1 aliphatic rings. The van der Waals surface area contributed by atoms with Crippen LogP contribution >= 0.6 is 12.2 Å². The van der Waals surface area contributed by atoms with Crippen LogP contribution in [0.5, 0.6) is 0 Å². The van der Waals surface area contributed by atoms with Gasteiger partial charge in [0.25, 0.3) is 0 Å². The molecule has 0 saturated heterocycles. The molecule has 22 heavy (non-hydrogen) atoms. The highest BCUT2D eigenvalue weighted by molar-refractivity contribution is 7.81. The smallest absolute Gasteiger partial charge is 0.119 e. The molecule has 1 aromatic carbocycles. The lowest BCUT2D eigenvalue weighted by Crippen LogP contribution is -2.43. The molecule has 120 valence electrons. The summed E-state index contributed by atoms with van der Waals surface area (Å²) < 4.78 is 0. The number of allylic oxidation sites excluding steroid dienone is 1. The number of thiocarbonyl (C=S) groups is 1. The molecule has 0 aliphatic heterocycles. The summed E-state index contributed by atoms with van der Waals surface area (Å²) in [7, 11) is 0. The van der Waals surface area contributed by atoms with E-state index >= 15 is 0 Å². The number of hydrogen-bond acceptors (Lipinski definition) is 2. The van der Waals surface area contributed by atoms with Crippen molar-refractivity contribution in [2.24, 2.45) is 5.41 Å². The minimum Gasteiger partial charge on any atom is -0.380 e. The molecule has 1 aliphatic carbocycles. The zero-order valence-electron chi connectivity index (χ0n) is 14.7. The van der Waals surface area contributed by atoms with Crippen LogP contribution in [0.1, 0.15) is 65.5 Å². The summed E-state index contributed by atoms with van der Waals surface area (Å²) in [6, 6.07) is 8.34. The topological polar surface area (TPSA) is 20.2 Å². The van der Waals surface area contributed by atoms with E-state index in [1.807, 2.05) is 18.2 Å². The Hall–Kier alpha value is -0.990. The van der Waals surface area contributed by atoms with Gasteiger partial charge in [0.15, 0.2) is 0 Å². The molecule has 1 N–H and O–H groups in total. The molecule has 2 rings (SSSR count). The van der Waals surface area contributed by atoms with Crippen molar-refractivity contribution in [1.82, 2.24) is 0 Å². The summed E-state index contributed by atoms with van der Waals surface area (Å²) in [5.74, 6) is 0. The average Bonchev–Trinajstić information content (AvgIpc) is 2.34. The van der Waals surface area contributed by atoms with Crippen molar-refractivity contribution in [2.45, 2.75) is 65.4 Å². The van der Waals surface area contributed by atoms with Gasteiger partial charge in [0.05, 0.1) is 4.86 Å². The van der Waals surface area contributed by atoms with E-state index in [1.54, 1.807) is 0 Å². The van der Waals surface area contributed by atoms with Crippen LogP contribution in [0.3, 0.4) is 0 Å². The summed E-state index contributed by atoms with van der Waals surface area (Å²) in [5, 5.41) is 11.1. The normalized spacial score (nSPS) is 24.8. The van der Waals surface area contributed by atoms with Gasteiger partial charge in [-0.25, -0.2) is 0 Å². The first-order valence-corrected chi connectivity index (χ1v) is 8.40. The SMILES string of the molecule is CC1=CC(O)(C(=S)c2ccc(C(C)(C)C)cc2)CC(C)(C)C1. The van der Waals surface area contributed by atoms with Gasteiger partial charge in [0.2, 0.25) is 0 Å². The van der Waals surface area contributed by atoms with Crippen LogP contribution in [0.2, 0.25) is 0 Å². The highest BCUT2D eigenvalue weighted by atomic mass is 32.1. The van der Waals surface area contributed by atoms with Crippen molar-refractivity contribution in [3.63, 3.8) is 0 Å². The molecule has 1 atom stereocenters. The van der Waals surface area contributed by atoms with E-state index in [0.717, 1.165) is 12.0 Å². The van der Waals surface area contributed by atoms with E-state index in [4.69, 9.17) is 12.2 Å². The van der Waals surface area contributed by atoms with Crippen LogP contribution in [0, 0.1) is 5.41 Å².